The molecule has 0 aliphatic rings. The van der Waals surface area contributed by atoms with Crippen LogP contribution in [0.25, 0.3) is 0 Å². The Morgan fingerprint density at radius 3 is 2.33 bits per heavy atom. The van der Waals surface area contributed by atoms with Crippen molar-refractivity contribution in [3.05, 3.63) is 0 Å². The highest BCUT2D eigenvalue weighted by Gasteiger charge is 2.33. The Labute approximate surface area is 68.7 Å². The maximum absolute atomic E-state index is 11.7. The summed E-state index contributed by atoms with van der Waals surface area (Å²) in [6, 6.07) is 0. The highest BCUT2D eigenvalue weighted by molar-refractivity contribution is 5.71. The molecule has 0 aliphatic heterocycles. The topological polar surface area (TPSA) is 26.3 Å². The van der Waals surface area contributed by atoms with Crippen molar-refractivity contribution < 1.29 is 22.7 Å². The van der Waals surface area contributed by atoms with E-state index in [2.05, 4.69) is 4.74 Å². The van der Waals surface area contributed by atoms with Gasteiger partial charge in [0.05, 0.1) is 18.9 Å². The first-order valence-electron chi connectivity index (χ1n) is 3.60. The van der Waals surface area contributed by atoms with E-state index in [-0.39, 0.29) is 6.61 Å². The Kier molecular flexibility index (Phi) is 4.06. The molecule has 2 nitrogen and oxygen atoms in total. The monoisotopic (exact) mass is 184 g/mol. The third-order valence-electron chi connectivity index (χ3n) is 1.23. The number of carbonyl (C=O) groups is 1. The Balaban J connectivity index is 3.87. The summed E-state index contributed by atoms with van der Waals surface area (Å²) in [5, 5.41) is 0. The predicted molar refractivity (Wildman–Crippen MR) is 36.5 cm³/mol. The second kappa shape index (κ2) is 4.33. The van der Waals surface area contributed by atoms with Crippen molar-refractivity contribution in [3.63, 3.8) is 0 Å². The van der Waals surface area contributed by atoms with Crippen LogP contribution < -0.4 is 0 Å². The molecule has 0 radical (unpaired) electrons. The molecule has 0 saturated carbocycles. The molecule has 0 saturated heterocycles. The zero-order valence-corrected chi connectivity index (χ0v) is 6.94. The van der Waals surface area contributed by atoms with E-state index in [0.29, 0.717) is 0 Å². The minimum absolute atomic E-state index is 0.112. The lowest BCUT2D eigenvalue weighted by atomic mass is 10.1. The molecule has 5 heteroatoms. The van der Waals surface area contributed by atoms with Gasteiger partial charge in [-0.15, -0.1) is 0 Å². The Morgan fingerprint density at radius 2 is 2.00 bits per heavy atom. The standard InChI is InChI=1S/C7H11F3O2/c1-3-12-6(11)5(2)4-7(8,9)10/h5H,3-4H2,1-2H3. The van der Waals surface area contributed by atoms with E-state index in [1.807, 2.05) is 0 Å². The van der Waals surface area contributed by atoms with Crippen LogP contribution in [-0.2, 0) is 9.53 Å². The summed E-state index contributed by atoms with van der Waals surface area (Å²) in [5.74, 6) is -1.90. The van der Waals surface area contributed by atoms with Crippen LogP contribution in [0.3, 0.4) is 0 Å². The minimum Gasteiger partial charge on any atom is -0.466 e. The lowest BCUT2D eigenvalue weighted by Crippen LogP contribution is -2.21. The van der Waals surface area contributed by atoms with E-state index >= 15 is 0 Å². The number of carbonyl (C=O) groups excluding carboxylic acids is 1. The summed E-state index contributed by atoms with van der Waals surface area (Å²) in [4.78, 5) is 10.7. The van der Waals surface area contributed by atoms with Crippen LogP contribution in [0.1, 0.15) is 20.3 Å². The zero-order valence-electron chi connectivity index (χ0n) is 6.94. The van der Waals surface area contributed by atoms with Crippen molar-refractivity contribution >= 4 is 5.97 Å². The van der Waals surface area contributed by atoms with E-state index in [1.165, 1.54) is 6.92 Å². The maximum atomic E-state index is 11.7. The summed E-state index contributed by atoms with van der Waals surface area (Å²) >= 11 is 0. The molecular formula is C7H11F3O2. The fourth-order valence-corrected chi connectivity index (χ4v) is 0.715. The average molecular weight is 184 g/mol. The predicted octanol–water partition coefficient (Wildman–Crippen LogP) is 2.14. The number of alkyl halides is 3. The Hall–Kier alpha value is -0.740. The second-order valence-electron chi connectivity index (χ2n) is 2.47. The average Bonchev–Trinajstić information content (AvgIpc) is 1.84. The number of ether oxygens (including phenoxy) is 1. The van der Waals surface area contributed by atoms with Gasteiger partial charge in [0.2, 0.25) is 0 Å². The molecule has 0 spiro atoms. The van der Waals surface area contributed by atoms with Gasteiger partial charge >= 0.3 is 12.1 Å². The highest BCUT2D eigenvalue weighted by Crippen LogP contribution is 2.24. The molecular weight excluding hydrogens is 173 g/mol. The Morgan fingerprint density at radius 1 is 1.50 bits per heavy atom. The summed E-state index contributed by atoms with van der Waals surface area (Å²) in [6.07, 6.45) is -5.42. The van der Waals surface area contributed by atoms with Crippen molar-refractivity contribution in [1.82, 2.24) is 0 Å². The molecule has 1 atom stereocenters. The number of hydrogen-bond donors (Lipinski definition) is 0. The molecule has 0 aromatic rings. The fraction of sp³-hybridized carbons (Fsp3) is 0.857. The maximum Gasteiger partial charge on any atom is 0.389 e. The molecule has 0 amide bonds. The van der Waals surface area contributed by atoms with Gasteiger partial charge in [-0.3, -0.25) is 4.79 Å². The molecule has 0 N–H and O–H groups in total. The molecule has 12 heavy (non-hydrogen) atoms. The largest absolute Gasteiger partial charge is 0.466 e. The van der Waals surface area contributed by atoms with Crippen LogP contribution in [-0.4, -0.2) is 18.8 Å². The van der Waals surface area contributed by atoms with Gasteiger partial charge in [0.25, 0.3) is 0 Å². The van der Waals surface area contributed by atoms with E-state index < -0.39 is 24.5 Å². The van der Waals surface area contributed by atoms with E-state index in [4.69, 9.17) is 0 Å². The van der Waals surface area contributed by atoms with Crippen molar-refractivity contribution in [2.24, 2.45) is 5.92 Å². The van der Waals surface area contributed by atoms with Gasteiger partial charge in [-0.2, -0.15) is 13.2 Å². The molecule has 0 heterocycles. The summed E-state index contributed by atoms with van der Waals surface area (Å²) in [6.45, 7) is 2.87. The van der Waals surface area contributed by atoms with Gasteiger partial charge in [-0.1, -0.05) is 6.92 Å². The third kappa shape index (κ3) is 4.98. The molecule has 72 valence electrons. The first kappa shape index (κ1) is 11.3. The van der Waals surface area contributed by atoms with Crippen LogP contribution in [0.4, 0.5) is 13.2 Å². The van der Waals surface area contributed by atoms with Crippen LogP contribution in [0.5, 0.6) is 0 Å². The summed E-state index contributed by atoms with van der Waals surface area (Å²) in [7, 11) is 0. The molecule has 0 fully saturated rings. The smallest absolute Gasteiger partial charge is 0.389 e. The summed E-state index contributed by atoms with van der Waals surface area (Å²) < 4.78 is 39.5. The number of hydrogen-bond acceptors (Lipinski definition) is 2. The second-order valence-corrected chi connectivity index (χ2v) is 2.47. The fourth-order valence-electron chi connectivity index (χ4n) is 0.715. The third-order valence-corrected chi connectivity index (χ3v) is 1.23. The molecule has 1 unspecified atom stereocenters. The zero-order chi connectivity index (χ0) is 9.78. The van der Waals surface area contributed by atoms with E-state index in [9.17, 15) is 18.0 Å². The van der Waals surface area contributed by atoms with Crippen LogP contribution in [0.15, 0.2) is 0 Å². The van der Waals surface area contributed by atoms with Crippen LogP contribution in [0.2, 0.25) is 0 Å². The van der Waals surface area contributed by atoms with Gasteiger partial charge in [0.1, 0.15) is 0 Å². The quantitative estimate of drug-likeness (QED) is 0.628. The van der Waals surface area contributed by atoms with Crippen molar-refractivity contribution in [2.75, 3.05) is 6.61 Å². The van der Waals surface area contributed by atoms with Gasteiger partial charge in [0.15, 0.2) is 0 Å². The minimum atomic E-state index is -4.30. The van der Waals surface area contributed by atoms with Gasteiger partial charge in [0, 0.05) is 0 Å². The molecule has 0 bridgehead atoms. The number of halogens is 3. The number of esters is 1. The highest BCUT2D eigenvalue weighted by atomic mass is 19.4. The normalized spacial score (nSPS) is 14.1. The van der Waals surface area contributed by atoms with Crippen molar-refractivity contribution in [2.45, 2.75) is 26.4 Å². The van der Waals surface area contributed by atoms with Gasteiger partial charge in [-0.05, 0) is 6.92 Å². The van der Waals surface area contributed by atoms with E-state index in [1.54, 1.807) is 6.92 Å². The van der Waals surface area contributed by atoms with E-state index in [0.717, 1.165) is 0 Å². The molecule has 0 aromatic heterocycles. The summed E-state index contributed by atoms with van der Waals surface area (Å²) in [5.41, 5.74) is 0. The van der Waals surface area contributed by atoms with Crippen LogP contribution in [0, 0.1) is 5.92 Å². The first-order chi connectivity index (χ1) is 5.37. The van der Waals surface area contributed by atoms with Gasteiger partial charge in [-0.25, -0.2) is 0 Å². The lowest BCUT2D eigenvalue weighted by molar-refractivity contribution is -0.166. The SMILES string of the molecule is CCOC(=O)C(C)CC(F)(F)F. The first-order valence-corrected chi connectivity index (χ1v) is 3.60. The van der Waals surface area contributed by atoms with Gasteiger partial charge < -0.3 is 4.74 Å². The van der Waals surface area contributed by atoms with Crippen LogP contribution >= 0.6 is 0 Å². The Bertz CT molecular complexity index is 153. The molecule has 0 rings (SSSR count). The van der Waals surface area contributed by atoms with Crippen molar-refractivity contribution in [3.8, 4) is 0 Å². The van der Waals surface area contributed by atoms with Crippen molar-refractivity contribution in [1.29, 1.82) is 0 Å². The number of rotatable bonds is 3. The molecule has 0 aromatic carbocycles. The lowest BCUT2D eigenvalue weighted by Gasteiger charge is -2.12. The molecule has 0 aliphatic carbocycles.